The van der Waals surface area contributed by atoms with Gasteiger partial charge in [0.05, 0.1) is 5.69 Å². The third-order valence-electron chi connectivity index (χ3n) is 5.47. The van der Waals surface area contributed by atoms with Crippen LogP contribution in [0.15, 0.2) is 65.6 Å². The van der Waals surface area contributed by atoms with Gasteiger partial charge in [-0.25, -0.2) is 4.79 Å². The van der Waals surface area contributed by atoms with Gasteiger partial charge in [-0.05, 0) is 66.6 Å². The van der Waals surface area contributed by atoms with Crippen LogP contribution in [0, 0.1) is 6.92 Å². The van der Waals surface area contributed by atoms with Gasteiger partial charge >= 0.3 is 5.69 Å². The molecule has 0 aliphatic heterocycles. The predicted octanol–water partition coefficient (Wildman–Crippen LogP) is 3.98. The summed E-state index contributed by atoms with van der Waals surface area (Å²) >= 11 is 0. The van der Waals surface area contributed by atoms with Crippen molar-refractivity contribution in [2.45, 2.75) is 19.8 Å². The van der Waals surface area contributed by atoms with E-state index in [0.29, 0.717) is 5.56 Å². The number of aryl methyl sites for hydroxylation is 3. The Labute approximate surface area is 161 Å². The molecule has 0 spiro atoms. The fourth-order valence-corrected chi connectivity index (χ4v) is 4.09. The molecule has 2 N–H and O–H groups in total. The fourth-order valence-electron chi connectivity index (χ4n) is 4.09. The first-order valence-electron chi connectivity index (χ1n) is 9.34. The molecular formula is C23H19N3O2. The van der Waals surface area contributed by atoms with E-state index >= 15 is 0 Å². The van der Waals surface area contributed by atoms with Crippen LogP contribution in [0.3, 0.4) is 0 Å². The van der Waals surface area contributed by atoms with E-state index in [9.17, 15) is 9.59 Å². The number of imidazole rings is 1. The second-order valence-electron chi connectivity index (χ2n) is 7.18. The van der Waals surface area contributed by atoms with Crippen LogP contribution in [0.4, 0.5) is 5.69 Å². The molecule has 5 rings (SSSR count). The van der Waals surface area contributed by atoms with Gasteiger partial charge in [-0.2, -0.15) is 0 Å². The van der Waals surface area contributed by atoms with E-state index in [2.05, 4.69) is 28.5 Å². The second kappa shape index (κ2) is 6.23. The number of hydrogen-bond donors (Lipinski definition) is 2. The van der Waals surface area contributed by atoms with E-state index in [4.69, 9.17) is 0 Å². The maximum atomic E-state index is 12.8. The molecule has 1 aliphatic rings. The Morgan fingerprint density at radius 2 is 1.75 bits per heavy atom. The summed E-state index contributed by atoms with van der Waals surface area (Å²) in [7, 11) is 0. The van der Waals surface area contributed by atoms with Crippen molar-refractivity contribution < 1.29 is 4.79 Å². The van der Waals surface area contributed by atoms with E-state index in [1.807, 2.05) is 19.1 Å². The normalized spacial score (nSPS) is 12.5. The smallest absolute Gasteiger partial charge is 0.321 e. The summed E-state index contributed by atoms with van der Waals surface area (Å²) in [5.41, 5.74) is 5.42. The van der Waals surface area contributed by atoms with Crippen LogP contribution in [0.25, 0.3) is 16.5 Å². The molecule has 1 heterocycles. The van der Waals surface area contributed by atoms with Crippen LogP contribution in [0.1, 0.15) is 27.2 Å². The number of nitrogens with one attached hydrogen (secondary N) is 2. The number of carbonyl (C=O) groups excluding carboxylic acids is 1. The van der Waals surface area contributed by atoms with Crippen LogP contribution in [0.5, 0.6) is 0 Å². The molecule has 0 saturated heterocycles. The Morgan fingerprint density at radius 1 is 1.00 bits per heavy atom. The zero-order valence-electron chi connectivity index (χ0n) is 15.5. The number of aromatic amines is 1. The van der Waals surface area contributed by atoms with Crippen molar-refractivity contribution >= 4 is 22.4 Å². The third kappa shape index (κ3) is 2.55. The maximum Gasteiger partial charge on any atom is 0.330 e. The van der Waals surface area contributed by atoms with Gasteiger partial charge in [0.25, 0.3) is 5.91 Å². The largest absolute Gasteiger partial charge is 0.330 e. The zero-order chi connectivity index (χ0) is 19.3. The molecule has 5 heteroatoms. The first kappa shape index (κ1) is 16.6. The average molecular weight is 369 g/mol. The number of nitrogens with zero attached hydrogens (tertiary/aromatic N) is 1. The third-order valence-corrected chi connectivity index (χ3v) is 5.47. The monoisotopic (exact) mass is 369 g/mol. The predicted molar refractivity (Wildman–Crippen MR) is 110 cm³/mol. The van der Waals surface area contributed by atoms with Gasteiger partial charge in [0.15, 0.2) is 0 Å². The van der Waals surface area contributed by atoms with Crippen LogP contribution >= 0.6 is 0 Å². The lowest BCUT2D eigenvalue weighted by Crippen LogP contribution is -2.16. The molecule has 0 saturated carbocycles. The molecule has 0 unspecified atom stereocenters. The molecule has 28 heavy (non-hydrogen) atoms. The van der Waals surface area contributed by atoms with Gasteiger partial charge in [-0.3, -0.25) is 9.36 Å². The SMILES string of the molecule is Cc1c[nH]c(=O)n1-c1ccc(C(=O)Nc2ccc3c4c(cccc24)CC3)cc1. The van der Waals surface area contributed by atoms with Crippen molar-refractivity contribution in [3.63, 3.8) is 0 Å². The quantitative estimate of drug-likeness (QED) is 0.574. The van der Waals surface area contributed by atoms with E-state index in [1.165, 1.54) is 16.5 Å². The summed E-state index contributed by atoms with van der Waals surface area (Å²) < 4.78 is 1.57. The number of benzene rings is 3. The van der Waals surface area contributed by atoms with Crippen LogP contribution in [-0.2, 0) is 12.8 Å². The summed E-state index contributed by atoms with van der Waals surface area (Å²) in [5.74, 6) is -0.164. The van der Waals surface area contributed by atoms with Gasteiger partial charge in [-0.1, -0.05) is 24.3 Å². The van der Waals surface area contributed by atoms with Crippen molar-refractivity contribution in [3.8, 4) is 5.69 Å². The first-order chi connectivity index (χ1) is 13.6. The van der Waals surface area contributed by atoms with Crippen LogP contribution < -0.4 is 11.0 Å². The molecule has 0 bridgehead atoms. The second-order valence-corrected chi connectivity index (χ2v) is 7.18. The van der Waals surface area contributed by atoms with Crippen LogP contribution in [0.2, 0.25) is 0 Å². The van der Waals surface area contributed by atoms with Gasteiger partial charge < -0.3 is 10.3 Å². The number of amides is 1. The molecule has 0 atom stereocenters. The molecule has 0 fully saturated rings. The number of anilines is 1. The highest BCUT2D eigenvalue weighted by Crippen LogP contribution is 2.35. The highest BCUT2D eigenvalue weighted by Gasteiger charge is 2.17. The lowest BCUT2D eigenvalue weighted by molar-refractivity contribution is 0.102. The number of rotatable bonds is 3. The summed E-state index contributed by atoms with van der Waals surface area (Å²) in [5, 5.41) is 5.41. The van der Waals surface area contributed by atoms with E-state index in [0.717, 1.165) is 35.3 Å². The zero-order valence-corrected chi connectivity index (χ0v) is 15.5. The lowest BCUT2D eigenvalue weighted by atomic mass is 10.0. The minimum atomic E-state index is -0.192. The maximum absolute atomic E-state index is 12.8. The van der Waals surface area contributed by atoms with Crippen molar-refractivity contribution in [3.05, 3.63) is 93.7 Å². The highest BCUT2D eigenvalue weighted by atomic mass is 16.2. The van der Waals surface area contributed by atoms with Gasteiger partial charge in [0.2, 0.25) is 0 Å². The van der Waals surface area contributed by atoms with Gasteiger partial charge in [-0.15, -0.1) is 0 Å². The Morgan fingerprint density at radius 3 is 2.46 bits per heavy atom. The summed E-state index contributed by atoms with van der Waals surface area (Å²) in [6, 6.07) is 17.4. The average Bonchev–Trinajstić information content (AvgIpc) is 3.28. The molecule has 138 valence electrons. The standard InChI is InChI=1S/C23H19N3O2/c1-14-13-24-23(28)26(14)18-10-7-17(8-11-18)22(27)25-20-12-9-16-6-5-15-3-2-4-19(20)21(15)16/h2-4,7-13H,5-6H2,1H3,(H,24,28)(H,25,27). The minimum Gasteiger partial charge on any atom is -0.321 e. The minimum absolute atomic E-state index is 0.164. The molecule has 4 aromatic rings. The van der Waals surface area contributed by atoms with Crippen molar-refractivity contribution in [2.24, 2.45) is 0 Å². The summed E-state index contributed by atoms with van der Waals surface area (Å²) in [6.45, 7) is 1.86. The van der Waals surface area contributed by atoms with E-state index in [1.54, 1.807) is 35.0 Å². The van der Waals surface area contributed by atoms with Gasteiger partial charge in [0.1, 0.15) is 0 Å². The number of H-pyrrole nitrogens is 1. The molecule has 0 radical (unpaired) electrons. The van der Waals surface area contributed by atoms with E-state index < -0.39 is 0 Å². The molecule has 1 aromatic heterocycles. The van der Waals surface area contributed by atoms with Crippen molar-refractivity contribution in [1.29, 1.82) is 0 Å². The van der Waals surface area contributed by atoms with Gasteiger partial charge in [0, 0.05) is 28.5 Å². The number of hydrogen-bond acceptors (Lipinski definition) is 2. The molecular weight excluding hydrogens is 350 g/mol. The Hall–Kier alpha value is -3.60. The van der Waals surface area contributed by atoms with Crippen molar-refractivity contribution in [2.75, 3.05) is 5.32 Å². The molecule has 3 aromatic carbocycles. The number of carbonyl (C=O) groups is 1. The topological polar surface area (TPSA) is 66.9 Å². The summed E-state index contributed by atoms with van der Waals surface area (Å²) in [4.78, 5) is 27.4. The first-order valence-corrected chi connectivity index (χ1v) is 9.34. The summed E-state index contributed by atoms with van der Waals surface area (Å²) in [6.07, 6.45) is 3.78. The Balaban J connectivity index is 1.45. The number of aromatic nitrogens is 2. The highest BCUT2D eigenvalue weighted by molar-refractivity contribution is 6.10. The molecule has 5 nitrogen and oxygen atoms in total. The van der Waals surface area contributed by atoms with Crippen LogP contribution in [-0.4, -0.2) is 15.5 Å². The Kier molecular flexibility index (Phi) is 3.69. The van der Waals surface area contributed by atoms with Crippen molar-refractivity contribution in [1.82, 2.24) is 9.55 Å². The molecule has 1 amide bonds. The lowest BCUT2D eigenvalue weighted by Gasteiger charge is -2.11. The van der Waals surface area contributed by atoms with E-state index in [-0.39, 0.29) is 11.6 Å². The molecule has 1 aliphatic carbocycles. The Bertz CT molecular complexity index is 1270. The fraction of sp³-hybridized carbons (Fsp3) is 0.130.